The Balaban J connectivity index is 2.91. The van der Waals surface area contributed by atoms with Gasteiger partial charge in [-0.25, -0.2) is 0 Å². The Morgan fingerprint density at radius 3 is 2.62 bits per heavy atom. The molecule has 0 aliphatic carbocycles. The lowest BCUT2D eigenvalue weighted by atomic mass is 10.1. The van der Waals surface area contributed by atoms with E-state index in [1.165, 1.54) is 12.1 Å². The van der Waals surface area contributed by atoms with Gasteiger partial charge in [0.15, 0.2) is 0 Å². The fraction of sp³-hybridized carbons (Fsp3) is 0.222. The zero-order valence-corrected chi connectivity index (χ0v) is 8.20. The summed E-state index contributed by atoms with van der Waals surface area (Å²) in [5.41, 5.74) is 5.37. The Morgan fingerprint density at radius 1 is 1.50 bits per heavy atom. The summed E-state index contributed by atoms with van der Waals surface area (Å²) in [5.74, 6) is -1.75. The van der Waals surface area contributed by atoms with Crippen molar-refractivity contribution in [3.05, 3.63) is 23.8 Å². The number of hydrogen-bond acceptors (Lipinski definition) is 6. The number of carbonyl (C=O) groups is 1. The highest BCUT2D eigenvalue weighted by atomic mass is 16.8. The van der Waals surface area contributed by atoms with Crippen LogP contribution in [0.3, 0.4) is 0 Å². The third kappa shape index (κ3) is 2.83. The van der Waals surface area contributed by atoms with Gasteiger partial charge in [-0.3, -0.25) is 15.2 Å². The fourth-order valence-corrected chi connectivity index (χ4v) is 1.19. The third-order valence-corrected chi connectivity index (χ3v) is 2.01. The Kier molecular flexibility index (Phi) is 3.67. The zero-order chi connectivity index (χ0) is 12.3. The van der Waals surface area contributed by atoms with E-state index in [-0.39, 0.29) is 17.3 Å². The summed E-state index contributed by atoms with van der Waals surface area (Å²) in [6.07, 6.45) is -0.00352. The van der Waals surface area contributed by atoms with Crippen molar-refractivity contribution in [3.8, 4) is 5.75 Å². The highest BCUT2D eigenvalue weighted by molar-refractivity contribution is 5.73. The van der Waals surface area contributed by atoms with Crippen molar-refractivity contribution in [2.75, 3.05) is 5.23 Å². The molecule has 0 aliphatic rings. The lowest BCUT2D eigenvalue weighted by Gasteiger charge is -2.18. The first-order valence-corrected chi connectivity index (χ1v) is 4.38. The van der Waals surface area contributed by atoms with Crippen molar-refractivity contribution in [3.63, 3.8) is 0 Å². The van der Waals surface area contributed by atoms with Gasteiger partial charge >= 0.3 is 5.97 Å². The smallest absolute Gasteiger partial charge is 0.320 e. The van der Waals surface area contributed by atoms with E-state index in [4.69, 9.17) is 21.3 Å². The number of hydrogen-bond donors (Lipinski definition) is 4. The van der Waals surface area contributed by atoms with Crippen LogP contribution in [-0.2, 0) is 11.2 Å². The first-order chi connectivity index (χ1) is 7.41. The predicted octanol–water partition coefficient (Wildman–Crippen LogP) is -0.701. The first kappa shape index (κ1) is 12.2. The second-order valence-electron chi connectivity index (χ2n) is 3.24. The minimum Gasteiger partial charge on any atom is -0.871 e. The Labute approximate surface area is 90.9 Å². The molecule has 7 nitrogen and oxygen atoms in total. The second-order valence-corrected chi connectivity index (χ2v) is 3.24. The standard InChI is InChI=1S/C9H12N2O5/c10-6(9(13)14)3-5-1-2-8(12)7(4-5)11(15)16/h1-2,4,6,12,15-16H,3,10H2,(H,13,14)/p-1/t6-/m1/s1. The average Bonchev–Trinajstić information content (AvgIpc) is 2.20. The summed E-state index contributed by atoms with van der Waals surface area (Å²) in [6, 6.07) is 2.57. The Morgan fingerprint density at radius 2 is 2.12 bits per heavy atom. The molecule has 0 aromatic heterocycles. The summed E-state index contributed by atoms with van der Waals surface area (Å²) in [4.78, 5) is 10.5. The van der Waals surface area contributed by atoms with E-state index in [1.54, 1.807) is 0 Å². The topological polar surface area (TPSA) is 130 Å². The van der Waals surface area contributed by atoms with Crippen molar-refractivity contribution in [1.82, 2.24) is 0 Å². The minimum absolute atomic E-state index is 0.00352. The van der Waals surface area contributed by atoms with Gasteiger partial charge < -0.3 is 15.9 Å². The number of aliphatic carboxylic acids is 1. The molecule has 0 saturated heterocycles. The van der Waals surface area contributed by atoms with Crippen LogP contribution in [0.25, 0.3) is 0 Å². The maximum Gasteiger partial charge on any atom is 0.320 e. The van der Waals surface area contributed by atoms with Crippen molar-refractivity contribution in [1.29, 1.82) is 0 Å². The van der Waals surface area contributed by atoms with Gasteiger partial charge in [0.2, 0.25) is 0 Å². The maximum absolute atomic E-state index is 11.1. The summed E-state index contributed by atoms with van der Waals surface area (Å²) in [5, 5.41) is 36.8. The Hall–Kier alpha value is -1.83. The van der Waals surface area contributed by atoms with Crippen LogP contribution < -0.4 is 16.1 Å². The van der Waals surface area contributed by atoms with Crippen LogP contribution in [0.2, 0.25) is 0 Å². The summed E-state index contributed by atoms with van der Waals surface area (Å²) in [7, 11) is 0. The van der Waals surface area contributed by atoms with E-state index in [0.29, 0.717) is 5.56 Å². The minimum atomic E-state index is -1.17. The highest BCUT2D eigenvalue weighted by Gasteiger charge is 2.13. The molecular weight excluding hydrogens is 216 g/mol. The molecule has 1 atom stereocenters. The SMILES string of the molecule is N[C@H](Cc1ccc([O-])c(N(O)O)c1)C(=O)O. The normalized spacial score (nSPS) is 12.2. The van der Waals surface area contributed by atoms with Crippen LogP contribution in [-0.4, -0.2) is 27.5 Å². The third-order valence-electron chi connectivity index (χ3n) is 2.01. The van der Waals surface area contributed by atoms with Crippen LogP contribution in [0.1, 0.15) is 5.56 Å². The molecule has 1 aromatic rings. The second kappa shape index (κ2) is 4.79. The van der Waals surface area contributed by atoms with Gasteiger partial charge in [-0.1, -0.05) is 17.9 Å². The molecule has 0 unspecified atom stereocenters. The molecule has 1 aromatic carbocycles. The number of rotatable bonds is 4. The van der Waals surface area contributed by atoms with E-state index in [1.807, 2.05) is 0 Å². The first-order valence-electron chi connectivity index (χ1n) is 4.38. The van der Waals surface area contributed by atoms with Crippen molar-refractivity contribution in [2.24, 2.45) is 5.73 Å². The van der Waals surface area contributed by atoms with Gasteiger partial charge in [-0.05, 0) is 18.1 Å². The molecule has 0 spiro atoms. The number of nitrogens with zero attached hydrogens (tertiary/aromatic N) is 1. The van der Waals surface area contributed by atoms with Crippen LogP contribution in [0.4, 0.5) is 5.69 Å². The van der Waals surface area contributed by atoms with E-state index >= 15 is 0 Å². The molecule has 0 saturated carbocycles. The van der Waals surface area contributed by atoms with Gasteiger partial charge in [0.1, 0.15) is 6.04 Å². The molecule has 0 heterocycles. The number of nitrogens with two attached hydrogens (primary N) is 1. The van der Waals surface area contributed by atoms with E-state index in [9.17, 15) is 9.90 Å². The van der Waals surface area contributed by atoms with Crippen LogP contribution >= 0.6 is 0 Å². The monoisotopic (exact) mass is 227 g/mol. The number of benzene rings is 1. The van der Waals surface area contributed by atoms with Crippen LogP contribution in [0, 0.1) is 0 Å². The molecule has 5 N–H and O–H groups in total. The molecule has 0 amide bonds. The highest BCUT2D eigenvalue weighted by Crippen LogP contribution is 2.24. The zero-order valence-electron chi connectivity index (χ0n) is 8.20. The van der Waals surface area contributed by atoms with Gasteiger partial charge in [0, 0.05) is 0 Å². The van der Waals surface area contributed by atoms with E-state index < -0.39 is 17.8 Å². The largest absolute Gasteiger partial charge is 0.871 e. The molecule has 7 heteroatoms. The lowest BCUT2D eigenvalue weighted by molar-refractivity contribution is -0.268. The molecule has 0 aliphatic heterocycles. The summed E-state index contributed by atoms with van der Waals surface area (Å²) >= 11 is 0. The molecule has 1 rings (SSSR count). The number of carboxylic acids is 1. The van der Waals surface area contributed by atoms with Gasteiger partial charge in [0.05, 0.1) is 5.69 Å². The molecule has 0 bridgehead atoms. The van der Waals surface area contributed by atoms with Crippen LogP contribution in [0.15, 0.2) is 18.2 Å². The van der Waals surface area contributed by atoms with Crippen molar-refractivity contribution < 1.29 is 25.4 Å². The molecule has 88 valence electrons. The maximum atomic E-state index is 11.1. The number of anilines is 1. The summed E-state index contributed by atoms with van der Waals surface area (Å²) in [6.45, 7) is 0. The van der Waals surface area contributed by atoms with E-state index in [2.05, 4.69) is 0 Å². The number of carboxylic acid groups (broad SMARTS) is 1. The molecule has 0 radical (unpaired) electrons. The fourth-order valence-electron chi connectivity index (χ4n) is 1.19. The van der Waals surface area contributed by atoms with Crippen LogP contribution in [0.5, 0.6) is 5.75 Å². The average molecular weight is 227 g/mol. The lowest BCUT2D eigenvalue weighted by Crippen LogP contribution is -2.32. The summed E-state index contributed by atoms with van der Waals surface area (Å²) < 4.78 is 0. The molecule has 0 fully saturated rings. The van der Waals surface area contributed by atoms with Gasteiger partial charge in [0.25, 0.3) is 0 Å². The van der Waals surface area contributed by atoms with E-state index in [0.717, 1.165) is 6.07 Å². The van der Waals surface area contributed by atoms with Gasteiger partial charge in [-0.15, -0.1) is 5.23 Å². The van der Waals surface area contributed by atoms with Gasteiger partial charge in [-0.2, -0.15) is 0 Å². The van der Waals surface area contributed by atoms with Crippen molar-refractivity contribution in [2.45, 2.75) is 12.5 Å². The molecule has 16 heavy (non-hydrogen) atoms. The quantitative estimate of drug-likeness (QED) is 0.500. The van der Waals surface area contributed by atoms with Crippen molar-refractivity contribution >= 4 is 11.7 Å². The molecular formula is C9H11N2O5-. The Bertz CT molecular complexity index is 393. The predicted molar refractivity (Wildman–Crippen MR) is 51.3 cm³/mol.